The molecule has 0 N–H and O–H groups in total. The van der Waals surface area contributed by atoms with Crippen molar-refractivity contribution in [3.8, 4) is 11.8 Å². The van der Waals surface area contributed by atoms with Crippen LogP contribution in [-0.4, -0.2) is 15.4 Å². The number of nitrogens with zero attached hydrogens (tertiary/aromatic N) is 1. The Labute approximate surface area is 135 Å². The van der Waals surface area contributed by atoms with Gasteiger partial charge in [-0.05, 0) is 50.2 Å². The number of ether oxygens (including phenoxy) is 1. The van der Waals surface area contributed by atoms with Gasteiger partial charge in [-0.1, -0.05) is 31.4 Å². The minimum atomic E-state index is -1.86. The van der Waals surface area contributed by atoms with E-state index in [4.69, 9.17) is 9.16 Å². The molecule has 0 spiro atoms. The van der Waals surface area contributed by atoms with Crippen molar-refractivity contribution in [2.24, 2.45) is 5.92 Å². The number of benzene rings is 1. The number of methoxy groups -OCH3 is 1. The number of hydrogen-bond acceptors (Lipinski definition) is 3. The maximum absolute atomic E-state index is 10.1. The van der Waals surface area contributed by atoms with Gasteiger partial charge in [0.2, 0.25) is 0 Å². The van der Waals surface area contributed by atoms with Gasteiger partial charge in [-0.2, -0.15) is 5.26 Å². The van der Waals surface area contributed by atoms with Crippen LogP contribution >= 0.6 is 0 Å². The molecule has 0 unspecified atom stereocenters. The Morgan fingerprint density at radius 3 is 2.14 bits per heavy atom. The van der Waals surface area contributed by atoms with E-state index < -0.39 is 13.9 Å². The maximum Gasteiger partial charge on any atom is 0.186 e. The normalized spacial score (nSPS) is 19.2. The van der Waals surface area contributed by atoms with E-state index >= 15 is 0 Å². The molecule has 0 radical (unpaired) electrons. The molecule has 4 heteroatoms. The largest absolute Gasteiger partial charge is 0.497 e. The van der Waals surface area contributed by atoms with Gasteiger partial charge in [0.05, 0.1) is 7.11 Å². The maximum atomic E-state index is 10.1. The number of rotatable bonds is 5. The van der Waals surface area contributed by atoms with Crippen LogP contribution in [0.15, 0.2) is 24.3 Å². The lowest BCUT2D eigenvalue weighted by Crippen LogP contribution is -2.45. The Kier molecular flexibility index (Phi) is 5.31. The first-order valence-electron chi connectivity index (χ1n) is 8.17. The molecule has 0 heterocycles. The van der Waals surface area contributed by atoms with E-state index in [1.807, 2.05) is 24.3 Å². The van der Waals surface area contributed by atoms with Crippen molar-refractivity contribution in [3.63, 3.8) is 0 Å². The zero-order valence-corrected chi connectivity index (χ0v) is 15.2. The van der Waals surface area contributed by atoms with Crippen LogP contribution in [-0.2, 0) is 10.0 Å². The van der Waals surface area contributed by atoms with Gasteiger partial charge in [0.25, 0.3) is 0 Å². The Bertz CT molecular complexity index is 524. The van der Waals surface area contributed by atoms with E-state index in [9.17, 15) is 5.26 Å². The number of nitriles is 1. The van der Waals surface area contributed by atoms with Crippen LogP contribution in [0.1, 0.15) is 37.7 Å². The molecule has 0 bridgehead atoms. The average molecular weight is 318 g/mol. The summed E-state index contributed by atoms with van der Waals surface area (Å²) >= 11 is 0. The van der Waals surface area contributed by atoms with Crippen LogP contribution in [0.25, 0.3) is 0 Å². The van der Waals surface area contributed by atoms with Crippen molar-refractivity contribution in [2.75, 3.05) is 7.11 Å². The third-order valence-electron chi connectivity index (χ3n) is 4.33. The topological polar surface area (TPSA) is 42.2 Å². The lowest BCUT2D eigenvalue weighted by atomic mass is 9.74. The molecule has 0 aromatic heterocycles. The minimum Gasteiger partial charge on any atom is -0.497 e. The molecule has 0 aliphatic heterocycles. The fraction of sp³-hybridized carbons (Fsp3) is 0.611. The molecule has 22 heavy (non-hydrogen) atoms. The van der Waals surface area contributed by atoms with Gasteiger partial charge in [-0.3, -0.25) is 0 Å². The number of hydrogen-bond donors (Lipinski definition) is 0. The predicted molar refractivity (Wildman–Crippen MR) is 91.3 cm³/mol. The highest BCUT2D eigenvalue weighted by atomic mass is 28.4. The summed E-state index contributed by atoms with van der Waals surface area (Å²) in [5, 5.41) is 10.1. The molecule has 2 rings (SSSR count). The summed E-state index contributed by atoms with van der Waals surface area (Å²) in [7, 11) is -0.197. The molecule has 0 saturated heterocycles. The van der Waals surface area contributed by atoms with Gasteiger partial charge in [-0.25, -0.2) is 0 Å². The zero-order chi connectivity index (χ0) is 16.2. The van der Waals surface area contributed by atoms with Crippen molar-refractivity contribution < 1.29 is 9.16 Å². The van der Waals surface area contributed by atoms with Crippen LogP contribution in [0.4, 0.5) is 0 Å². The van der Waals surface area contributed by atoms with Crippen LogP contribution < -0.4 is 4.74 Å². The molecular formula is C18H27NO2Si. The first kappa shape index (κ1) is 17.0. The summed E-state index contributed by atoms with van der Waals surface area (Å²) in [4.78, 5) is 0. The average Bonchev–Trinajstić information content (AvgIpc) is 2.53. The van der Waals surface area contributed by atoms with Crippen LogP contribution in [0.2, 0.25) is 19.6 Å². The van der Waals surface area contributed by atoms with Gasteiger partial charge in [0.15, 0.2) is 13.9 Å². The Hall–Kier alpha value is -1.31. The summed E-state index contributed by atoms with van der Waals surface area (Å²) in [5.74, 6) is 1.10. The monoisotopic (exact) mass is 317 g/mol. The van der Waals surface area contributed by atoms with Gasteiger partial charge in [0, 0.05) is 5.92 Å². The van der Waals surface area contributed by atoms with Crippen LogP contribution in [0.5, 0.6) is 5.75 Å². The molecular weight excluding hydrogens is 290 g/mol. The summed E-state index contributed by atoms with van der Waals surface area (Å²) in [6.07, 6.45) is 5.81. The van der Waals surface area contributed by atoms with E-state index in [1.54, 1.807) is 7.11 Å². The molecule has 1 fully saturated rings. The fourth-order valence-electron chi connectivity index (χ4n) is 3.39. The molecule has 1 atom stereocenters. The van der Waals surface area contributed by atoms with E-state index in [0.717, 1.165) is 24.2 Å². The first-order valence-corrected chi connectivity index (χ1v) is 11.6. The fourth-order valence-corrected chi connectivity index (χ4v) is 4.68. The second-order valence-electron chi connectivity index (χ2n) is 7.13. The summed E-state index contributed by atoms with van der Waals surface area (Å²) in [5.41, 5.74) is 0.169. The lowest BCUT2D eigenvalue weighted by Gasteiger charge is -2.41. The summed E-state index contributed by atoms with van der Waals surface area (Å²) in [6.45, 7) is 6.47. The van der Waals surface area contributed by atoms with E-state index in [-0.39, 0.29) is 5.92 Å². The zero-order valence-electron chi connectivity index (χ0n) is 14.2. The predicted octanol–water partition coefficient (Wildman–Crippen LogP) is 4.85. The third-order valence-corrected chi connectivity index (χ3v) is 5.27. The molecule has 0 amide bonds. The SMILES string of the molecule is COc1ccc([C@@](C#N)(O[Si](C)(C)C)C2CCCCC2)cc1. The van der Waals surface area contributed by atoms with Crippen LogP contribution in [0.3, 0.4) is 0 Å². The highest BCUT2D eigenvalue weighted by Gasteiger charge is 2.45. The second-order valence-corrected chi connectivity index (χ2v) is 11.6. The highest BCUT2D eigenvalue weighted by molar-refractivity contribution is 6.69. The van der Waals surface area contributed by atoms with Crippen molar-refractivity contribution in [3.05, 3.63) is 29.8 Å². The Balaban J connectivity index is 2.44. The van der Waals surface area contributed by atoms with Gasteiger partial charge in [0.1, 0.15) is 11.8 Å². The molecule has 1 saturated carbocycles. The van der Waals surface area contributed by atoms with Crippen LogP contribution in [0, 0.1) is 17.2 Å². The van der Waals surface area contributed by atoms with E-state index in [2.05, 4.69) is 25.7 Å². The quantitative estimate of drug-likeness (QED) is 0.729. The third kappa shape index (κ3) is 3.71. The molecule has 120 valence electrons. The van der Waals surface area contributed by atoms with Crippen molar-refractivity contribution >= 4 is 8.32 Å². The Morgan fingerprint density at radius 2 is 1.68 bits per heavy atom. The molecule has 3 nitrogen and oxygen atoms in total. The standard InChI is InChI=1S/C18H27NO2Si/c1-20-17-12-10-16(11-13-17)18(14-19,21-22(2,3)4)15-8-6-5-7-9-15/h10-13,15H,5-9H2,1-4H3/t18-/m0/s1. The van der Waals surface area contributed by atoms with E-state index in [1.165, 1.54) is 19.3 Å². The first-order chi connectivity index (χ1) is 10.4. The Morgan fingerprint density at radius 1 is 1.09 bits per heavy atom. The van der Waals surface area contributed by atoms with Gasteiger partial charge < -0.3 is 9.16 Å². The van der Waals surface area contributed by atoms with Crippen molar-refractivity contribution in [1.82, 2.24) is 0 Å². The minimum absolute atomic E-state index is 0.284. The summed E-state index contributed by atoms with van der Waals surface area (Å²) < 4.78 is 11.8. The smallest absolute Gasteiger partial charge is 0.186 e. The van der Waals surface area contributed by atoms with E-state index in [0.29, 0.717) is 0 Å². The van der Waals surface area contributed by atoms with Crippen molar-refractivity contribution in [2.45, 2.75) is 57.3 Å². The lowest BCUT2D eigenvalue weighted by molar-refractivity contribution is 0.0316. The molecule has 1 aliphatic rings. The molecule has 1 aromatic rings. The second kappa shape index (κ2) is 6.85. The molecule has 1 aromatic carbocycles. The summed E-state index contributed by atoms with van der Waals surface area (Å²) in [6, 6.07) is 10.4. The highest BCUT2D eigenvalue weighted by Crippen LogP contribution is 2.43. The van der Waals surface area contributed by atoms with Gasteiger partial charge >= 0.3 is 0 Å². The van der Waals surface area contributed by atoms with Gasteiger partial charge in [-0.15, -0.1) is 0 Å². The van der Waals surface area contributed by atoms with Crippen molar-refractivity contribution in [1.29, 1.82) is 5.26 Å². The molecule has 1 aliphatic carbocycles.